The molecule has 7 heteroatoms. The van der Waals surface area contributed by atoms with Crippen LogP contribution in [0.4, 0.5) is 11.6 Å². The maximum Gasteiger partial charge on any atom is 0.275 e. The van der Waals surface area contributed by atoms with Gasteiger partial charge >= 0.3 is 0 Å². The maximum absolute atomic E-state index is 11.8. The van der Waals surface area contributed by atoms with E-state index in [-0.39, 0.29) is 11.6 Å². The third kappa shape index (κ3) is 2.40. The minimum atomic E-state index is -0.314. The van der Waals surface area contributed by atoms with Crippen LogP contribution in [0.3, 0.4) is 0 Å². The van der Waals surface area contributed by atoms with Crippen molar-refractivity contribution in [2.45, 2.75) is 0 Å². The Bertz CT molecular complexity index is 535. The highest BCUT2D eigenvalue weighted by molar-refractivity contribution is 6.02. The molecule has 2 aromatic heterocycles. The number of nitrogens with one attached hydrogen (secondary N) is 2. The van der Waals surface area contributed by atoms with Crippen LogP contribution in [0.2, 0.25) is 0 Å². The molecule has 0 aliphatic heterocycles. The number of hydrazine groups is 1. The summed E-state index contributed by atoms with van der Waals surface area (Å²) in [5.41, 5.74) is 2.66. The van der Waals surface area contributed by atoms with Gasteiger partial charge in [0.05, 0.1) is 6.20 Å². The predicted octanol–water partition coefficient (Wildman–Crippen LogP) is 0.353. The van der Waals surface area contributed by atoms with Crippen molar-refractivity contribution in [3.05, 3.63) is 36.2 Å². The zero-order chi connectivity index (χ0) is 12.3. The fraction of sp³-hybridized carbons (Fsp3) is 0.100. The molecule has 0 aromatic carbocycles. The molecule has 17 heavy (non-hydrogen) atoms. The highest BCUT2D eigenvalue weighted by Gasteiger charge is 2.09. The molecule has 88 valence electrons. The number of pyridine rings is 1. The third-order valence-electron chi connectivity index (χ3n) is 2.19. The van der Waals surface area contributed by atoms with Crippen molar-refractivity contribution in [3.63, 3.8) is 0 Å². The van der Waals surface area contributed by atoms with Gasteiger partial charge in [-0.25, -0.2) is 10.8 Å². The second-order valence-corrected chi connectivity index (χ2v) is 3.35. The van der Waals surface area contributed by atoms with Crippen molar-refractivity contribution in [3.8, 4) is 0 Å². The summed E-state index contributed by atoms with van der Waals surface area (Å²) >= 11 is 0. The van der Waals surface area contributed by atoms with Crippen LogP contribution in [0.1, 0.15) is 10.5 Å². The fourth-order valence-corrected chi connectivity index (χ4v) is 1.32. The average molecular weight is 232 g/mol. The average Bonchev–Trinajstić information content (AvgIpc) is 2.75. The monoisotopic (exact) mass is 232 g/mol. The first kappa shape index (κ1) is 11.1. The number of hydrogen-bond donors (Lipinski definition) is 3. The number of aryl methyl sites for hydroxylation is 1. The number of carbonyl (C=O) groups is 1. The van der Waals surface area contributed by atoms with Crippen molar-refractivity contribution < 1.29 is 4.79 Å². The standard InChI is InChI=1S/C10H12N6O/c1-16-9(5-6-12-16)14-10(17)7-3-2-4-8(13-7)15-11/h2-6H,11H2,1H3,(H,13,15)(H,14,17). The molecular formula is C10H12N6O. The molecule has 2 aromatic rings. The lowest BCUT2D eigenvalue weighted by Crippen LogP contribution is -2.17. The van der Waals surface area contributed by atoms with E-state index in [0.717, 1.165) is 0 Å². The number of carbonyl (C=O) groups excluding carboxylic acids is 1. The van der Waals surface area contributed by atoms with E-state index in [1.165, 1.54) is 0 Å². The van der Waals surface area contributed by atoms with E-state index >= 15 is 0 Å². The van der Waals surface area contributed by atoms with E-state index in [1.807, 2.05) is 0 Å². The Hall–Kier alpha value is -2.41. The van der Waals surface area contributed by atoms with Gasteiger partial charge in [0.25, 0.3) is 5.91 Å². The van der Waals surface area contributed by atoms with E-state index in [0.29, 0.717) is 11.6 Å². The van der Waals surface area contributed by atoms with E-state index in [9.17, 15) is 4.79 Å². The molecular weight excluding hydrogens is 220 g/mol. The van der Waals surface area contributed by atoms with E-state index in [1.54, 1.807) is 42.2 Å². The molecule has 0 aliphatic carbocycles. The number of amides is 1. The van der Waals surface area contributed by atoms with Crippen LogP contribution in [-0.2, 0) is 7.05 Å². The number of nitrogens with two attached hydrogens (primary N) is 1. The van der Waals surface area contributed by atoms with Crippen LogP contribution < -0.4 is 16.6 Å². The van der Waals surface area contributed by atoms with Crippen LogP contribution in [0.15, 0.2) is 30.5 Å². The quantitative estimate of drug-likeness (QED) is 0.524. The van der Waals surface area contributed by atoms with Gasteiger partial charge in [-0.1, -0.05) is 6.07 Å². The SMILES string of the molecule is Cn1nccc1NC(=O)c1cccc(NN)n1. The summed E-state index contributed by atoms with van der Waals surface area (Å²) in [6.45, 7) is 0. The highest BCUT2D eigenvalue weighted by Crippen LogP contribution is 2.08. The van der Waals surface area contributed by atoms with Gasteiger partial charge in [-0.3, -0.25) is 9.48 Å². The van der Waals surface area contributed by atoms with Gasteiger partial charge in [-0.05, 0) is 12.1 Å². The lowest BCUT2D eigenvalue weighted by molar-refractivity contribution is 0.102. The van der Waals surface area contributed by atoms with Gasteiger partial charge in [0, 0.05) is 13.1 Å². The van der Waals surface area contributed by atoms with Crippen molar-refractivity contribution in [2.24, 2.45) is 12.9 Å². The zero-order valence-electron chi connectivity index (χ0n) is 9.21. The highest BCUT2D eigenvalue weighted by atomic mass is 16.2. The minimum absolute atomic E-state index is 0.279. The van der Waals surface area contributed by atoms with Crippen LogP contribution in [0.5, 0.6) is 0 Å². The lowest BCUT2D eigenvalue weighted by atomic mass is 10.3. The molecule has 1 amide bonds. The topological polar surface area (TPSA) is 97.9 Å². The van der Waals surface area contributed by atoms with Gasteiger partial charge in [0.15, 0.2) is 0 Å². The maximum atomic E-state index is 11.8. The lowest BCUT2D eigenvalue weighted by Gasteiger charge is -2.05. The Morgan fingerprint density at radius 1 is 1.41 bits per heavy atom. The normalized spacial score (nSPS) is 10.0. The van der Waals surface area contributed by atoms with Gasteiger partial charge in [-0.15, -0.1) is 0 Å². The first-order valence-electron chi connectivity index (χ1n) is 4.94. The third-order valence-corrected chi connectivity index (χ3v) is 2.19. The Morgan fingerprint density at radius 2 is 2.24 bits per heavy atom. The second kappa shape index (κ2) is 4.62. The molecule has 7 nitrogen and oxygen atoms in total. The number of nitrogens with zero attached hydrogens (tertiary/aromatic N) is 3. The van der Waals surface area contributed by atoms with Crippen molar-refractivity contribution in [2.75, 3.05) is 10.7 Å². The Balaban J connectivity index is 2.17. The Morgan fingerprint density at radius 3 is 2.88 bits per heavy atom. The summed E-state index contributed by atoms with van der Waals surface area (Å²) in [6, 6.07) is 6.66. The molecule has 0 fully saturated rings. The molecule has 0 saturated heterocycles. The fourth-order valence-electron chi connectivity index (χ4n) is 1.32. The van der Waals surface area contributed by atoms with Crippen LogP contribution >= 0.6 is 0 Å². The molecule has 0 atom stereocenters. The molecule has 4 N–H and O–H groups in total. The number of nitrogen functional groups attached to an aromatic ring is 1. The summed E-state index contributed by atoms with van der Waals surface area (Å²) in [7, 11) is 1.74. The largest absolute Gasteiger partial charge is 0.308 e. The molecule has 0 bridgehead atoms. The molecule has 0 radical (unpaired) electrons. The number of hydrogen-bond acceptors (Lipinski definition) is 5. The zero-order valence-corrected chi connectivity index (χ0v) is 9.21. The van der Waals surface area contributed by atoms with Crippen LogP contribution in [0.25, 0.3) is 0 Å². The number of aromatic nitrogens is 3. The first-order valence-corrected chi connectivity index (χ1v) is 4.94. The van der Waals surface area contributed by atoms with Gasteiger partial charge < -0.3 is 10.7 Å². The second-order valence-electron chi connectivity index (χ2n) is 3.35. The molecule has 0 unspecified atom stereocenters. The van der Waals surface area contributed by atoms with Crippen LogP contribution in [0, 0.1) is 0 Å². The molecule has 0 spiro atoms. The van der Waals surface area contributed by atoms with Crippen LogP contribution in [-0.4, -0.2) is 20.7 Å². The smallest absolute Gasteiger partial charge is 0.275 e. The van der Waals surface area contributed by atoms with E-state index < -0.39 is 0 Å². The summed E-state index contributed by atoms with van der Waals surface area (Å²) in [6.07, 6.45) is 1.60. The molecule has 0 saturated carbocycles. The first-order chi connectivity index (χ1) is 8.20. The van der Waals surface area contributed by atoms with Crippen molar-refractivity contribution in [1.82, 2.24) is 14.8 Å². The minimum Gasteiger partial charge on any atom is -0.308 e. The van der Waals surface area contributed by atoms with E-state index in [2.05, 4.69) is 20.8 Å². The molecule has 2 heterocycles. The number of rotatable bonds is 3. The molecule has 2 rings (SSSR count). The van der Waals surface area contributed by atoms with Gasteiger partial charge in [0.1, 0.15) is 17.3 Å². The summed E-state index contributed by atoms with van der Waals surface area (Å²) in [5.74, 6) is 5.94. The predicted molar refractivity (Wildman–Crippen MR) is 63.2 cm³/mol. The van der Waals surface area contributed by atoms with Crippen molar-refractivity contribution in [1.29, 1.82) is 0 Å². The Kier molecular flexibility index (Phi) is 3.01. The summed E-state index contributed by atoms with van der Waals surface area (Å²) < 4.78 is 1.56. The summed E-state index contributed by atoms with van der Waals surface area (Å²) in [5, 5.41) is 6.63. The van der Waals surface area contributed by atoms with E-state index in [4.69, 9.17) is 5.84 Å². The summed E-state index contributed by atoms with van der Waals surface area (Å²) in [4.78, 5) is 15.9. The molecule has 0 aliphatic rings. The Labute approximate surface area is 97.6 Å². The van der Waals surface area contributed by atoms with Crippen molar-refractivity contribution >= 4 is 17.5 Å². The van der Waals surface area contributed by atoms with Gasteiger partial charge in [0.2, 0.25) is 0 Å². The van der Waals surface area contributed by atoms with Gasteiger partial charge in [-0.2, -0.15) is 5.10 Å². The number of anilines is 2.